The normalized spacial score (nSPS) is 11.5. The van der Waals surface area contributed by atoms with Crippen molar-refractivity contribution in [3.63, 3.8) is 0 Å². The predicted molar refractivity (Wildman–Crippen MR) is 72.0 cm³/mol. The number of nitrogens with two attached hydrogens (primary N) is 1. The molecule has 1 heterocycles. The number of hydrogen-bond donors (Lipinski definition) is 2. The van der Waals surface area contributed by atoms with Crippen LogP contribution in [-0.4, -0.2) is 16.0 Å². The molecular weight excluding hydrogens is 246 g/mol. The molecule has 1 aromatic heterocycles. The van der Waals surface area contributed by atoms with Crippen LogP contribution in [0, 0.1) is 6.92 Å². The van der Waals surface area contributed by atoms with Crippen molar-refractivity contribution in [1.29, 1.82) is 0 Å². The molecule has 0 atom stereocenters. The van der Waals surface area contributed by atoms with E-state index in [4.69, 9.17) is 10.9 Å². The second kappa shape index (κ2) is 5.55. The van der Waals surface area contributed by atoms with Gasteiger partial charge in [-0.15, -0.1) is 0 Å². The number of pyridine rings is 1. The van der Waals surface area contributed by atoms with Crippen molar-refractivity contribution in [2.45, 2.75) is 16.8 Å². The van der Waals surface area contributed by atoms with E-state index in [1.807, 2.05) is 43.3 Å². The van der Waals surface area contributed by atoms with Crippen LogP contribution in [0.3, 0.4) is 0 Å². The third-order valence-electron chi connectivity index (χ3n) is 2.37. The zero-order valence-corrected chi connectivity index (χ0v) is 10.7. The van der Waals surface area contributed by atoms with E-state index < -0.39 is 0 Å². The highest BCUT2D eigenvalue weighted by molar-refractivity contribution is 7.99. The van der Waals surface area contributed by atoms with Crippen molar-refractivity contribution in [3.8, 4) is 0 Å². The molecule has 0 saturated carbocycles. The topological polar surface area (TPSA) is 71.5 Å². The highest BCUT2D eigenvalue weighted by Crippen LogP contribution is 2.29. The van der Waals surface area contributed by atoms with Gasteiger partial charge < -0.3 is 10.9 Å². The summed E-state index contributed by atoms with van der Waals surface area (Å²) in [4.78, 5) is 5.15. The van der Waals surface area contributed by atoms with Crippen molar-refractivity contribution in [2.75, 3.05) is 0 Å². The largest absolute Gasteiger partial charge is 0.409 e. The number of hydrogen-bond acceptors (Lipinski definition) is 4. The number of oxime groups is 1. The van der Waals surface area contributed by atoms with Gasteiger partial charge in [-0.05, 0) is 31.2 Å². The fourth-order valence-electron chi connectivity index (χ4n) is 1.51. The molecule has 0 fully saturated rings. The first-order valence-corrected chi connectivity index (χ1v) is 6.20. The van der Waals surface area contributed by atoms with Gasteiger partial charge >= 0.3 is 0 Å². The Kier molecular flexibility index (Phi) is 3.84. The van der Waals surface area contributed by atoms with Crippen molar-refractivity contribution in [3.05, 3.63) is 53.7 Å². The van der Waals surface area contributed by atoms with E-state index in [1.54, 1.807) is 6.20 Å². The van der Waals surface area contributed by atoms with E-state index in [9.17, 15) is 0 Å². The van der Waals surface area contributed by atoms with Gasteiger partial charge in [0.2, 0.25) is 0 Å². The van der Waals surface area contributed by atoms with Crippen LogP contribution in [0.1, 0.15) is 11.1 Å². The summed E-state index contributed by atoms with van der Waals surface area (Å²) < 4.78 is 0. The summed E-state index contributed by atoms with van der Waals surface area (Å²) in [6.07, 6.45) is 1.74. The molecule has 0 bridgehead atoms. The first-order chi connectivity index (χ1) is 8.70. The van der Waals surface area contributed by atoms with Gasteiger partial charge in [-0.3, -0.25) is 0 Å². The van der Waals surface area contributed by atoms with Gasteiger partial charge in [0.05, 0.1) is 0 Å². The molecule has 0 aliphatic heterocycles. The lowest BCUT2D eigenvalue weighted by Crippen LogP contribution is -2.14. The Morgan fingerprint density at radius 3 is 2.83 bits per heavy atom. The maximum atomic E-state index is 8.81. The fraction of sp³-hybridized carbons (Fsp3) is 0.0769. The van der Waals surface area contributed by atoms with Crippen LogP contribution in [0.25, 0.3) is 0 Å². The molecule has 5 heteroatoms. The van der Waals surface area contributed by atoms with Crippen molar-refractivity contribution >= 4 is 17.6 Å². The van der Waals surface area contributed by atoms with E-state index in [2.05, 4.69) is 10.1 Å². The molecular formula is C13H13N3OS. The van der Waals surface area contributed by atoms with Gasteiger partial charge in [0.15, 0.2) is 5.84 Å². The second-order valence-corrected chi connectivity index (χ2v) is 4.82. The van der Waals surface area contributed by atoms with Crippen LogP contribution in [0.4, 0.5) is 0 Å². The van der Waals surface area contributed by atoms with E-state index in [1.165, 1.54) is 11.8 Å². The minimum absolute atomic E-state index is 0.108. The van der Waals surface area contributed by atoms with Gasteiger partial charge in [-0.25, -0.2) is 4.98 Å². The molecule has 3 N–H and O–H groups in total. The van der Waals surface area contributed by atoms with Crippen LogP contribution in [0.15, 0.2) is 57.7 Å². The molecule has 0 unspecified atom stereocenters. The molecule has 4 nitrogen and oxygen atoms in total. The molecule has 0 radical (unpaired) electrons. The maximum absolute atomic E-state index is 8.81. The standard InChI is InChI=1S/C13H13N3OS/c1-9-5-6-11(10(8-9)13(14)16-17)18-12-4-2-3-7-15-12/h2-8,17H,1H3,(H2,14,16). The average molecular weight is 259 g/mol. The Labute approximate surface area is 110 Å². The van der Waals surface area contributed by atoms with Crippen molar-refractivity contribution in [1.82, 2.24) is 4.98 Å². The molecule has 0 aliphatic rings. The van der Waals surface area contributed by atoms with Crippen LogP contribution < -0.4 is 5.73 Å². The fourth-order valence-corrected chi connectivity index (χ4v) is 2.40. The Morgan fingerprint density at radius 2 is 2.17 bits per heavy atom. The van der Waals surface area contributed by atoms with Gasteiger partial charge in [0.1, 0.15) is 5.03 Å². The SMILES string of the molecule is Cc1ccc(Sc2ccccn2)c(/C(N)=N/O)c1. The number of amidine groups is 1. The minimum Gasteiger partial charge on any atom is -0.409 e. The first kappa shape index (κ1) is 12.4. The molecule has 2 aromatic rings. The Bertz CT molecular complexity index is 570. The smallest absolute Gasteiger partial charge is 0.171 e. The molecule has 0 saturated heterocycles. The summed E-state index contributed by atoms with van der Waals surface area (Å²) in [6.45, 7) is 1.96. The second-order valence-electron chi connectivity index (χ2n) is 3.75. The summed E-state index contributed by atoms with van der Waals surface area (Å²) in [7, 11) is 0. The van der Waals surface area contributed by atoms with Gasteiger partial charge in [-0.2, -0.15) is 0 Å². The lowest BCUT2D eigenvalue weighted by atomic mass is 10.1. The molecule has 0 amide bonds. The highest BCUT2D eigenvalue weighted by Gasteiger charge is 2.09. The summed E-state index contributed by atoms with van der Waals surface area (Å²) in [6, 6.07) is 11.5. The molecule has 18 heavy (non-hydrogen) atoms. The number of benzene rings is 1. The number of rotatable bonds is 3. The zero-order chi connectivity index (χ0) is 13.0. The predicted octanol–water partition coefficient (Wildman–Crippen LogP) is 2.64. The molecule has 2 rings (SSSR count). The Morgan fingerprint density at radius 1 is 1.33 bits per heavy atom. The molecule has 92 valence electrons. The van der Waals surface area contributed by atoms with E-state index in [-0.39, 0.29) is 5.84 Å². The monoisotopic (exact) mass is 259 g/mol. The number of aryl methyl sites for hydroxylation is 1. The highest BCUT2D eigenvalue weighted by atomic mass is 32.2. The Balaban J connectivity index is 2.39. The maximum Gasteiger partial charge on any atom is 0.171 e. The summed E-state index contributed by atoms with van der Waals surface area (Å²) in [5.41, 5.74) is 7.46. The van der Waals surface area contributed by atoms with E-state index in [0.717, 1.165) is 15.5 Å². The molecule has 1 aromatic carbocycles. The summed E-state index contributed by atoms with van der Waals surface area (Å²) in [5.74, 6) is 0.108. The quantitative estimate of drug-likeness (QED) is 0.385. The van der Waals surface area contributed by atoms with Gasteiger partial charge in [0.25, 0.3) is 0 Å². The van der Waals surface area contributed by atoms with Crippen LogP contribution in [0.2, 0.25) is 0 Å². The van der Waals surface area contributed by atoms with Gasteiger partial charge in [0, 0.05) is 16.7 Å². The van der Waals surface area contributed by atoms with E-state index >= 15 is 0 Å². The van der Waals surface area contributed by atoms with Crippen LogP contribution in [0.5, 0.6) is 0 Å². The van der Waals surface area contributed by atoms with Crippen LogP contribution >= 0.6 is 11.8 Å². The number of aromatic nitrogens is 1. The third-order valence-corrected chi connectivity index (χ3v) is 3.40. The van der Waals surface area contributed by atoms with Gasteiger partial charge in [-0.1, -0.05) is 34.6 Å². The van der Waals surface area contributed by atoms with Crippen LogP contribution in [-0.2, 0) is 0 Å². The zero-order valence-electron chi connectivity index (χ0n) is 9.87. The van der Waals surface area contributed by atoms with Crippen molar-refractivity contribution in [2.24, 2.45) is 10.9 Å². The Hall–Kier alpha value is -2.01. The third kappa shape index (κ3) is 2.81. The summed E-state index contributed by atoms with van der Waals surface area (Å²) in [5, 5.41) is 12.7. The molecule has 0 aliphatic carbocycles. The number of nitrogens with zero attached hydrogens (tertiary/aromatic N) is 2. The summed E-state index contributed by atoms with van der Waals surface area (Å²) >= 11 is 1.48. The minimum atomic E-state index is 0.108. The lowest BCUT2D eigenvalue weighted by molar-refractivity contribution is 0.318. The van der Waals surface area contributed by atoms with E-state index in [0.29, 0.717) is 5.56 Å². The average Bonchev–Trinajstić information content (AvgIpc) is 2.41. The lowest BCUT2D eigenvalue weighted by Gasteiger charge is -2.08. The first-order valence-electron chi connectivity index (χ1n) is 5.38. The van der Waals surface area contributed by atoms with Crippen molar-refractivity contribution < 1.29 is 5.21 Å². The molecule has 0 spiro atoms.